The number of halogens is 3. The van der Waals surface area contributed by atoms with E-state index in [1.165, 1.54) is 18.2 Å². The third-order valence-electron chi connectivity index (χ3n) is 5.00. The van der Waals surface area contributed by atoms with Crippen LogP contribution < -0.4 is 5.32 Å². The fraction of sp³-hybridized carbons (Fsp3) is 0.190. The summed E-state index contributed by atoms with van der Waals surface area (Å²) in [5.74, 6) is 0. The molecule has 0 saturated heterocycles. The Hall–Kier alpha value is -3.22. The van der Waals surface area contributed by atoms with Gasteiger partial charge in [0.15, 0.2) is 0 Å². The number of para-hydroxylation sites is 2. The second-order valence-electron chi connectivity index (χ2n) is 6.71. The summed E-state index contributed by atoms with van der Waals surface area (Å²) in [5.41, 5.74) is 1.66. The Balaban J connectivity index is 1.70. The summed E-state index contributed by atoms with van der Waals surface area (Å²) in [6.07, 6.45) is -2.62. The second-order valence-corrected chi connectivity index (χ2v) is 6.71. The van der Waals surface area contributed by atoms with Crippen LogP contribution in [0.3, 0.4) is 0 Å². The van der Waals surface area contributed by atoms with Gasteiger partial charge in [-0.1, -0.05) is 30.3 Å². The summed E-state index contributed by atoms with van der Waals surface area (Å²) in [6, 6.07) is 15.6. The number of amides is 2. The maximum atomic E-state index is 13.3. The molecule has 1 N–H and O–H groups in total. The minimum Gasteiger partial charge on any atom is -0.318 e. The molecule has 144 valence electrons. The van der Waals surface area contributed by atoms with Crippen LogP contribution in [-0.2, 0) is 12.7 Å². The molecule has 4 rings (SSSR count). The summed E-state index contributed by atoms with van der Waals surface area (Å²) < 4.78 is 41.8. The smallest absolute Gasteiger partial charge is 0.318 e. The van der Waals surface area contributed by atoms with Crippen LogP contribution in [0.4, 0.5) is 23.7 Å². The molecule has 4 nitrogen and oxygen atoms in total. The minimum absolute atomic E-state index is 0.250. The van der Waals surface area contributed by atoms with E-state index in [0.29, 0.717) is 6.54 Å². The molecule has 0 saturated carbocycles. The van der Waals surface area contributed by atoms with Gasteiger partial charge in [-0.2, -0.15) is 13.2 Å². The molecule has 2 heterocycles. The lowest BCUT2D eigenvalue weighted by Gasteiger charge is -2.28. The number of carbonyl (C=O) groups excluding carboxylic acids is 1. The molecule has 0 fully saturated rings. The van der Waals surface area contributed by atoms with Gasteiger partial charge in [-0.15, -0.1) is 0 Å². The van der Waals surface area contributed by atoms with Gasteiger partial charge >= 0.3 is 12.2 Å². The van der Waals surface area contributed by atoms with Crippen molar-refractivity contribution in [3.63, 3.8) is 0 Å². The number of aromatic nitrogens is 1. The zero-order chi connectivity index (χ0) is 19.9. The molecule has 2 aromatic carbocycles. The first-order chi connectivity index (χ1) is 13.4. The Bertz CT molecular complexity index is 1030. The zero-order valence-corrected chi connectivity index (χ0v) is 15.1. The molecule has 0 bridgehead atoms. The van der Waals surface area contributed by atoms with Crippen LogP contribution >= 0.6 is 0 Å². The fourth-order valence-electron chi connectivity index (χ4n) is 3.59. The third kappa shape index (κ3) is 3.13. The first kappa shape index (κ1) is 18.2. The van der Waals surface area contributed by atoms with Gasteiger partial charge in [-0.05, 0) is 42.8 Å². The normalized spacial score (nSPS) is 16.1. The Morgan fingerprint density at radius 2 is 1.75 bits per heavy atom. The first-order valence-corrected chi connectivity index (χ1v) is 8.85. The number of hydrogen-bond acceptors (Lipinski definition) is 1. The van der Waals surface area contributed by atoms with E-state index in [1.54, 1.807) is 4.90 Å². The highest BCUT2D eigenvalue weighted by molar-refractivity contribution is 5.90. The highest BCUT2D eigenvalue weighted by Gasteiger charge is 2.35. The highest BCUT2D eigenvalue weighted by Crippen LogP contribution is 2.36. The molecular weight excluding hydrogens is 367 g/mol. The number of rotatable bonds is 1. The van der Waals surface area contributed by atoms with Crippen molar-refractivity contribution < 1.29 is 18.0 Å². The lowest BCUT2D eigenvalue weighted by atomic mass is 10.1. The maximum absolute atomic E-state index is 13.3. The monoisotopic (exact) mass is 385 g/mol. The number of benzene rings is 2. The molecule has 1 aliphatic rings. The molecule has 0 aliphatic carbocycles. The van der Waals surface area contributed by atoms with Crippen molar-refractivity contribution in [3.8, 4) is 5.69 Å². The predicted octanol–water partition coefficient (Wildman–Crippen LogP) is 5.60. The molecule has 2 amide bonds. The van der Waals surface area contributed by atoms with Crippen molar-refractivity contribution in [1.29, 1.82) is 0 Å². The van der Waals surface area contributed by atoms with Crippen molar-refractivity contribution in [1.82, 2.24) is 9.47 Å². The van der Waals surface area contributed by atoms with Crippen LogP contribution in [-0.4, -0.2) is 15.5 Å². The van der Waals surface area contributed by atoms with E-state index in [0.717, 1.165) is 23.0 Å². The summed E-state index contributed by atoms with van der Waals surface area (Å²) in [5, 5.41) is 2.46. The molecule has 1 aliphatic heterocycles. The van der Waals surface area contributed by atoms with E-state index < -0.39 is 17.8 Å². The van der Waals surface area contributed by atoms with Crippen LogP contribution in [0.1, 0.15) is 29.8 Å². The largest absolute Gasteiger partial charge is 0.418 e. The van der Waals surface area contributed by atoms with Gasteiger partial charge in [0.1, 0.15) is 0 Å². The van der Waals surface area contributed by atoms with Crippen LogP contribution in [0.2, 0.25) is 0 Å². The molecule has 3 aromatic rings. The fourth-order valence-corrected chi connectivity index (χ4v) is 3.59. The zero-order valence-electron chi connectivity index (χ0n) is 15.1. The molecule has 0 unspecified atom stereocenters. The molecule has 1 aromatic heterocycles. The summed E-state index contributed by atoms with van der Waals surface area (Å²) in [4.78, 5) is 14.5. The predicted molar refractivity (Wildman–Crippen MR) is 100 cm³/mol. The number of carbonyl (C=O) groups is 1. The maximum Gasteiger partial charge on any atom is 0.418 e. The van der Waals surface area contributed by atoms with Gasteiger partial charge < -0.3 is 14.8 Å². The van der Waals surface area contributed by atoms with Gasteiger partial charge in [0.2, 0.25) is 0 Å². The van der Waals surface area contributed by atoms with Crippen molar-refractivity contribution in [2.45, 2.75) is 25.7 Å². The molecule has 7 heteroatoms. The summed E-state index contributed by atoms with van der Waals surface area (Å²) in [7, 11) is 0. The standard InChI is InChI=1S/C21H18F3N3O/c1-14-18-11-6-12-26(18)19-10-5-2-7-15(19)13-27(14)20(28)25-17-9-4-3-8-16(17)21(22,23)24/h2-12,14H,13H2,1H3,(H,25,28)/t14-/m1/s1. The van der Waals surface area contributed by atoms with E-state index in [4.69, 9.17) is 0 Å². The van der Waals surface area contributed by atoms with E-state index >= 15 is 0 Å². The van der Waals surface area contributed by atoms with E-state index in [9.17, 15) is 18.0 Å². The van der Waals surface area contributed by atoms with E-state index in [2.05, 4.69) is 5.32 Å². The van der Waals surface area contributed by atoms with Gasteiger partial charge in [-0.3, -0.25) is 0 Å². The van der Waals surface area contributed by atoms with Crippen molar-refractivity contribution in [2.24, 2.45) is 0 Å². The summed E-state index contributed by atoms with van der Waals surface area (Å²) >= 11 is 0. The number of fused-ring (bicyclic) bond motifs is 3. The number of nitrogens with zero attached hydrogens (tertiary/aromatic N) is 2. The SMILES string of the molecule is C[C@@H]1c2cccn2-c2ccccc2CN1C(=O)Nc1ccccc1C(F)(F)F. The van der Waals surface area contributed by atoms with Crippen LogP contribution in [0.5, 0.6) is 0 Å². The molecule has 0 radical (unpaired) electrons. The average molecular weight is 385 g/mol. The van der Waals surface area contributed by atoms with E-state index in [1.807, 2.05) is 54.1 Å². The average Bonchev–Trinajstić information content (AvgIpc) is 3.11. The van der Waals surface area contributed by atoms with Gasteiger partial charge in [0.25, 0.3) is 0 Å². The number of alkyl halides is 3. The van der Waals surface area contributed by atoms with Crippen LogP contribution in [0.15, 0.2) is 66.9 Å². The van der Waals surface area contributed by atoms with Crippen molar-refractivity contribution in [3.05, 3.63) is 83.7 Å². The molecule has 28 heavy (non-hydrogen) atoms. The quantitative estimate of drug-likeness (QED) is 0.581. The van der Waals surface area contributed by atoms with Gasteiger partial charge in [0.05, 0.1) is 29.5 Å². The van der Waals surface area contributed by atoms with Crippen LogP contribution in [0, 0.1) is 0 Å². The minimum atomic E-state index is -4.55. The first-order valence-electron chi connectivity index (χ1n) is 8.85. The number of anilines is 1. The molecule has 0 spiro atoms. The van der Waals surface area contributed by atoms with Crippen molar-refractivity contribution >= 4 is 11.7 Å². The Labute approximate surface area is 160 Å². The molecule has 1 atom stereocenters. The van der Waals surface area contributed by atoms with Crippen molar-refractivity contribution in [2.75, 3.05) is 5.32 Å². The lowest BCUT2D eigenvalue weighted by Crippen LogP contribution is -2.36. The number of nitrogens with one attached hydrogen (secondary N) is 1. The Morgan fingerprint density at radius 3 is 2.54 bits per heavy atom. The summed E-state index contributed by atoms with van der Waals surface area (Å²) in [6.45, 7) is 2.16. The highest BCUT2D eigenvalue weighted by atomic mass is 19.4. The lowest BCUT2D eigenvalue weighted by molar-refractivity contribution is -0.136. The van der Waals surface area contributed by atoms with Gasteiger partial charge in [-0.25, -0.2) is 4.79 Å². The van der Waals surface area contributed by atoms with Crippen LogP contribution in [0.25, 0.3) is 5.69 Å². The van der Waals surface area contributed by atoms with Gasteiger partial charge in [0, 0.05) is 11.9 Å². The van der Waals surface area contributed by atoms with E-state index in [-0.39, 0.29) is 11.7 Å². The molecular formula is C21H18F3N3O. The topological polar surface area (TPSA) is 37.3 Å². The third-order valence-corrected chi connectivity index (χ3v) is 5.00. The Kier molecular flexibility index (Phi) is 4.37. The Morgan fingerprint density at radius 1 is 1.04 bits per heavy atom. The number of urea groups is 1. The second kappa shape index (κ2) is 6.74. The number of hydrogen-bond donors (Lipinski definition) is 1.